The Hall–Kier alpha value is -0.860. The van der Waals surface area contributed by atoms with Gasteiger partial charge in [-0.25, -0.2) is 0 Å². The second-order valence-electron chi connectivity index (χ2n) is 4.83. The predicted molar refractivity (Wildman–Crippen MR) is 68.8 cm³/mol. The highest BCUT2D eigenvalue weighted by atomic mass is 14.9. The second-order valence-corrected chi connectivity index (χ2v) is 4.83. The van der Waals surface area contributed by atoms with Crippen molar-refractivity contribution in [2.24, 2.45) is 5.73 Å². The third-order valence-electron chi connectivity index (χ3n) is 3.67. The standard InChI is InChI=1S/C14H22N2/c1-11(10-15)12-2-4-13(5-3-12)14-6-8-16-9-7-14/h2-5,11,14,16H,6-10,15H2,1H3. The van der Waals surface area contributed by atoms with Crippen molar-refractivity contribution >= 4 is 0 Å². The van der Waals surface area contributed by atoms with Gasteiger partial charge >= 0.3 is 0 Å². The minimum atomic E-state index is 0.474. The lowest BCUT2D eigenvalue weighted by molar-refractivity contribution is 0.460. The number of nitrogens with one attached hydrogen (secondary N) is 1. The number of hydrogen-bond acceptors (Lipinski definition) is 2. The van der Waals surface area contributed by atoms with Gasteiger partial charge in [0.05, 0.1) is 0 Å². The molecule has 1 fully saturated rings. The van der Waals surface area contributed by atoms with Crippen LogP contribution in [0.5, 0.6) is 0 Å². The molecular formula is C14H22N2. The van der Waals surface area contributed by atoms with E-state index in [-0.39, 0.29) is 0 Å². The van der Waals surface area contributed by atoms with Gasteiger partial charge in [-0.1, -0.05) is 31.2 Å². The van der Waals surface area contributed by atoms with Crippen molar-refractivity contribution in [1.82, 2.24) is 5.32 Å². The Morgan fingerprint density at radius 3 is 2.44 bits per heavy atom. The Kier molecular flexibility index (Phi) is 3.97. The van der Waals surface area contributed by atoms with Crippen LogP contribution in [-0.4, -0.2) is 19.6 Å². The van der Waals surface area contributed by atoms with Gasteiger partial charge in [-0.15, -0.1) is 0 Å². The molecule has 2 heteroatoms. The highest BCUT2D eigenvalue weighted by molar-refractivity contribution is 5.28. The van der Waals surface area contributed by atoms with E-state index in [9.17, 15) is 0 Å². The van der Waals surface area contributed by atoms with E-state index in [0.29, 0.717) is 5.92 Å². The molecule has 0 aliphatic carbocycles. The summed E-state index contributed by atoms with van der Waals surface area (Å²) in [4.78, 5) is 0. The molecule has 0 spiro atoms. The van der Waals surface area contributed by atoms with Gasteiger partial charge in [-0.2, -0.15) is 0 Å². The molecule has 1 aromatic rings. The first-order chi connectivity index (χ1) is 7.81. The lowest BCUT2D eigenvalue weighted by Gasteiger charge is -2.23. The zero-order chi connectivity index (χ0) is 11.4. The summed E-state index contributed by atoms with van der Waals surface area (Å²) in [6, 6.07) is 9.07. The van der Waals surface area contributed by atoms with Crippen LogP contribution < -0.4 is 11.1 Å². The maximum atomic E-state index is 5.68. The Balaban J connectivity index is 2.06. The number of hydrogen-bond donors (Lipinski definition) is 2. The van der Waals surface area contributed by atoms with E-state index in [4.69, 9.17) is 5.73 Å². The van der Waals surface area contributed by atoms with E-state index in [1.165, 1.54) is 24.0 Å². The van der Waals surface area contributed by atoms with E-state index in [1.54, 1.807) is 0 Å². The molecule has 1 aliphatic heterocycles. The van der Waals surface area contributed by atoms with Crippen LogP contribution in [0.2, 0.25) is 0 Å². The van der Waals surface area contributed by atoms with Gasteiger partial charge in [0.15, 0.2) is 0 Å². The van der Waals surface area contributed by atoms with Crippen LogP contribution in [0.1, 0.15) is 42.7 Å². The van der Waals surface area contributed by atoms with Crippen molar-refractivity contribution in [2.75, 3.05) is 19.6 Å². The lowest BCUT2D eigenvalue weighted by atomic mass is 9.88. The molecule has 0 saturated carbocycles. The van der Waals surface area contributed by atoms with Crippen LogP contribution in [0, 0.1) is 0 Å². The molecule has 0 amide bonds. The van der Waals surface area contributed by atoms with Gasteiger partial charge in [0.1, 0.15) is 0 Å². The zero-order valence-corrected chi connectivity index (χ0v) is 10.1. The monoisotopic (exact) mass is 218 g/mol. The quantitative estimate of drug-likeness (QED) is 0.816. The molecular weight excluding hydrogens is 196 g/mol. The fourth-order valence-electron chi connectivity index (χ4n) is 2.39. The third kappa shape index (κ3) is 2.63. The van der Waals surface area contributed by atoms with Crippen molar-refractivity contribution in [3.63, 3.8) is 0 Å². The van der Waals surface area contributed by atoms with Crippen LogP contribution in [0.25, 0.3) is 0 Å². The van der Waals surface area contributed by atoms with Gasteiger partial charge in [0, 0.05) is 0 Å². The highest BCUT2D eigenvalue weighted by Gasteiger charge is 2.15. The Morgan fingerprint density at radius 1 is 1.25 bits per heavy atom. The summed E-state index contributed by atoms with van der Waals surface area (Å²) < 4.78 is 0. The number of rotatable bonds is 3. The largest absolute Gasteiger partial charge is 0.330 e. The van der Waals surface area contributed by atoms with Crippen LogP contribution in [0.15, 0.2) is 24.3 Å². The fraction of sp³-hybridized carbons (Fsp3) is 0.571. The average Bonchev–Trinajstić information content (AvgIpc) is 2.39. The maximum Gasteiger partial charge on any atom is -0.00109 e. The molecule has 1 unspecified atom stereocenters. The Labute approximate surface area is 98.2 Å². The second kappa shape index (κ2) is 5.46. The van der Waals surface area contributed by atoms with Crippen molar-refractivity contribution in [3.05, 3.63) is 35.4 Å². The zero-order valence-electron chi connectivity index (χ0n) is 10.1. The summed E-state index contributed by atoms with van der Waals surface area (Å²) >= 11 is 0. The average molecular weight is 218 g/mol. The molecule has 0 bridgehead atoms. The van der Waals surface area contributed by atoms with Gasteiger partial charge in [0.25, 0.3) is 0 Å². The fourth-order valence-corrected chi connectivity index (χ4v) is 2.39. The molecule has 0 aromatic heterocycles. The number of benzene rings is 1. The summed E-state index contributed by atoms with van der Waals surface area (Å²) in [6.45, 7) is 5.23. The van der Waals surface area contributed by atoms with Crippen molar-refractivity contribution < 1.29 is 0 Å². The molecule has 2 nitrogen and oxygen atoms in total. The summed E-state index contributed by atoms with van der Waals surface area (Å²) in [6.07, 6.45) is 2.54. The molecule has 88 valence electrons. The molecule has 1 atom stereocenters. The van der Waals surface area contributed by atoms with Crippen molar-refractivity contribution in [1.29, 1.82) is 0 Å². The van der Waals surface area contributed by atoms with E-state index in [2.05, 4.69) is 36.5 Å². The summed E-state index contributed by atoms with van der Waals surface area (Å²) in [5.74, 6) is 1.23. The van der Waals surface area contributed by atoms with Crippen LogP contribution in [-0.2, 0) is 0 Å². The first-order valence-corrected chi connectivity index (χ1v) is 6.32. The summed E-state index contributed by atoms with van der Waals surface area (Å²) in [5, 5.41) is 3.41. The highest BCUT2D eigenvalue weighted by Crippen LogP contribution is 2.26. The molecule has 1 aromatic carbocycles. The molecule has 1 heterocycles. The summed E-state index contributed by atoms with van der Waals surface area (Å²) in [5.41, 5.74) is 8.53. The molecule has 3 N–H and O–H groups in total. The smallest absolute Gasteiger partial charge is 0.00109 e. The minimum absolute atomic E-state index is 0.474. The van der Waals surface area contributed by atoms with Gasteiger partial charge in [0.2, 0.25) is 0 Å². The number of piperidine rings is 1. The van der Waals surface area contributed by atoms with Crippen LogP contribution in [0.3, 0.4) is 0 Å². The van der Waals surface area contributed by atoms with E-state index >= 15 is 0 Å². The molecule has 16 heavy (non-hydrogen) atoms. The molecule has 0 radical (unpaired) electrons. The Morgan fingerprint density at radius 2 is 1.88 bits per heavy atom. The normalized spacial score (nSPS) is 19.6. The van der Waals surface area contributed by atoms with Crippen molar-refractivity contribution in [3.8, 4) is 0 Å². The molecule has 2 rings (SSSR count). The van der Waals surface area contributed by atoms with E-state index in [0.717, 1.165) is 25.6 Å². The first-order valence-electron chi connectivity index (χ1n) is 6.32. The number of nitrogens with two attached hydrogens (primary N) is 1. The van der Waals surface area contributed by atoms with Crippen LogP contribution in [0.4, 0.5) is 0 Å². The Bertz CT molecular complexity index is 312. The first kappa shape index (κ1) is 11.6. The predicted octanol–water partition coefficient (Wildman–Crippen LogP) is 2.22. The minimum Gasteiger partial charge on any atom is -0.330 e. The lowest BCUT2D eigenvalue weighted by Crippen LogP contribution is -2.26. The van der Waals surface area contributed by atoms with E-state index < -0.39 is 0 Å². The van der Waals surface area contributed by atoms with Gasteiger partial charge < -0.3 is 11.1 Å². The molecule has 1 aliphatic rings. The van der Waals surface area contributed by atoms with Crippen LogP contribution >= 0.6 is 0 Å². The third-order valence-corrected chi connectivity index (χ3v) is 3.67. The van der Waals surface area contributed by atoms with Crippen molar-refractivity contribution in [2.45, 2.75) is 31.6 Å². The van der Waals surface area contributed by atoms with Gasteiger partial charge in [-0.05, 0) is 55.4 Å². The SMILES string of the molecule is CC(CN)c1ccc(C2CCNCC2)cc1. The van der Waals surface area contributed by atoms with Gasteiger partial charge in [-0.3, -0.25) is 0 Å². The summed E-state index contributed by atoms with van der Waals surface area (Å²) in [7, 11) is 0. The van der Waals surface area contributed by atoms with E-state index in [1.807, 2.05) is 0 Å². The maximum absolute atomic E-state index is 5.68. The molecule has 1 saturated heterocycles. The topological polar surface area (TPSA) is 38.0 Å².